The van der Waals surface area contributed by atoms with Crippen LogP contribution in [0.1, 0.15) is 19.4 Å². The molecule has 4 nitrogen and oxygen atoms in total. The lowest BCUT2D eigenvalue weighted by Gasteiger charge is -2.45. The molecule has 0 aromatic heterocycles. The predicted octanol–water partition coefficient (Wildman–Crippen LogP) is 3.36. The average molecular weight is 331 g/mol. The Bertz CT molecular complexity index is 624. The Morgan fingerprint density at radius 2 is 2.00 bits per heavy atom. The van der Waals surface area contributed by atoms with Gasteiger partial charge in [0.1, 0.15) is 5.76 Å². The monoisotopic (exact) mass is 331 g/mol. The standard InChI is InChI=1S/C18H21NO3S/c1-13(22-14(2)20)8-7-11-16-17(21)19(18(16)23-3)12-15-9-5-4-6-10-15/h4-11,16,18H,12H2,1-3H3/b11-7-,13-8+/t16-,18+/m0/s1. The number of esters is 1. The number of thioether (sulfide) groups is 1. The molecule has 1 aliphatic heterocycles. The summed E-state index contributed by atoms with van der Waals surface area (Å²) < 4.78 is 4.93. The number of carbonyl (C=O) groups is 2. The molecule has 1 fully saturated rings. The van der Waals surface area contributed by atoms with Gasteiger partial charge in [0.05, 0.1) is 11.3 Å². The second-order valence-electron chi connectivity index (χ2n) is 5.36. The molecule has 0 saturated carbocycles. The van der Waals surface area contributed by atoms with E-state index < -0.39 is 0 Å². The Morgan fingerprint density at radius 3 is 2.61 bits per heavy atom. The van der Waals surface area contributed by atoms with Crippen LogP contribution < -0.4 is 0 Å². The van der Waals surface area contributed by atoms with Crippen molar-refractivity contribution in [2.45, 2.75) is 25.8 Å². The molecule has 0 N–H and O–H groups in total. The molecule has 1 aromatic rings. The molecule has 23 heavy (non-hydrogen) atoms. The lowest BCUT2D eigenvalue weighted by molar-refractivity contribution is -0.148. The van der Waals surface area contributed by atoms with Crippen LogP contribution in [0.4, 0.5) is 0 Å². The summed E-state index contributed by atoms with van der Waals surface area (Å²) in [6, 6.07) is 9.98. The van der Waals surface area contributed by atoms with Gasteiger partial charge in [-0.15, -0.1) is 11.8 Å². The highest BCUT2D eigenvalue weighted by Gasteiger charge is 2.44. The van der Waals surface area contributed by atoms with Crippen LogP contribution in [-0.2, 0) is 20.9 Å². The van der Waals surface area contributed by atoms with Gasteiger partial charge in [-0.1, -0.05) is 42.5 Å². The maximum Gasteiger partial charge on any atom is 0.307 e. The van der Waals surface area contributed by atoms with Crippen LogP contribution in [0.2, 0.25) is 0 Å². The summed E-state index contributed by atoms with van der Waals surface area (Å²) in [5.74, 6) is 0.170. The summed E-state index contributed by atoms with van der Waals surface area (Å²) in [6.07, 6.45) is 7.36. The van der Waals surface area contributed by atoms with Crippen LogP contribution in [0.25, 0.3) is 0 Å². The second-order valence-corrected chi connectivity index (χ2v) is 6.31. The van der Waals surface area contributed by atoms with Crippen LogP contribution in [0, 0.1) is 5.92 Å². The van der Waals surface area contributed by atoms with Gasteiger partial charge in [0.25, 0.3) is 0 Å². The average Bonchev–Trinajstić information content (AvgIpc) is 2.52. The van der Waals surface area contributed by atoms with E-state index in [0.29, 0.717) is 12.3 Å². The third kappa shape index (κ3) is 4.48. The quantitative estimate of drug-likeness (QED) is 0.347. The van der Waals surface area contributed by atoms with E-state index in [2.05, 4.69) is 0 Å². The van der Waals surface area contributed by atoms with Crippen LogP contribution in [0.3, 0.4) is 0 Å². The van der Waals surface area contributed by atoms with Crippen LogP contribution in [-0.4, -0.2) is 28.4 Å². The van der Waals surface area contributed by atoms with Crippen LogP contribution >= 0.6 is 11.8 Å². The van der Waals surface area contributed by atoms with Crippen LogP contribution in [0.15, 0.2) is 54.3 Å². The van der Waals surface area contributed by atoms with Crippen LogP contribution in [0.5, 0.6) is 0 Å². The normalized spacial score (nSPS) is 21.4. The number of carbonyl (C=O) groups excluding carboxylic acids is 2. The van der Waals surface area contributed by atoms with Crippen molar-refractivity contribution in [1.29, 1.82) is 0 Å². The van der Waals surface area contributed by atoms with Crippen molar-refractivity contribution >= 4 is 23.6 Å². The number of hydrogen-bond acceptors (Lipinski definition) is 4. The van der Waals surface area contributed by atoms with Gasteiger partial charge in [-0.2, -0.15) is 0 Å². The van der Waals surface area contributed by atoms with Crippen molar-refractivity contribution in [3.63, 3.8) is 0 Å². The number of likely N-dealkylation sites (tertiary alicyclic amines) is 1. The second kappa shape index (κ2) is 8.02. The molecule has 0 spiro atoms. The van der Waals surface area contributed by atoms with Crippen molar-refractivity contribution in [2.75, 3.05) is 6.26 Å². The van der Waals surface area contributed by atoms with Crippen molar-refractivity contribution in [3.8, 4) is 0 Å². The summed E-state index contributed by atoms with van der Waals surface area (Å²) in [5.41, 5.74) is 1.13. The summed E-state index contributed by atoms with van der Waals surface area (Å²) in [4.78, 5) is 25.1. The van der Waals surface area contributed by atoms with Crippen molar-refractivity contribution < 1.29 is 14.3 Å². The number of nitrogens with zero attached hydrogens (tertiary/aromatic N) is 1. The van der Waals surface area contributed by atoms with E-state index in [9.17, 15) is 9.59 Å². The molecule has 122 valence electrons. The van der Waals surface area contributed by atoms with E-state index in [4.69, 9.17) is 4.74 Å². The molecule has 1 heterocycles. The fourth-order valence-corrected chi connectivity index (χ4v) is 3.45. The molecule has 1 amide bonds. The molecule has 5 heteroatoms. The van der Waals surface area contributed by atoms with Gasteiger partial charge in [-0.3, -0.25) is 9.59 Å². The summed E-state index contributed by atoms with van der Waals surface area (Å²) in [6.45, 7) is 3.71. The molecule has 0 radical (unpaired) electrons. The molecule has 1 saturated heterocycles. The zero-order valence-electron chi connectivity index (χ0n) is 13.6. The van der Waals surface area contributed by atoms with Crippen molar-refractivity contribution in [3.05, 3.63) is 59.9 Å². The molecule has 2 rings (SSSR count). The van der Waals surface area contributed by atoms with E-state index in [0.717, 1.165) is 5.56 Å². The van der Waals surface area contributed by atoms with E-state index in [1.807, 2.05) is 47.6 Å². The maximum atomic E-state index is 12.3. The van der Waals surface area contributed by atoms with E-state index >= 15 is 0 Å². The minimum absolute atomic E-state index is 0.128. The summed E-state index contributed by atoms with van der Waals surface area (Å²) in [7, 11) is 0. The highest BCUT2D eigenvalue weighted by atomic mass is 32.2. The molecule has 2 atom stereocenters. The molecule has 1 aromatic carbocycles. The fourth-order valence-electron chi connectivity index (χ4n) is 2.52. The number of benzene rings is 1. The number of hydrogen-bond donors (Lipinski definition) is 0. The van der Waals surface area contributed by atoms with Gasteiger partial charge < -0.3 is 9.64 Å². The Hall–Kier alpha value is -2.01. The highest BCUT2D eigenvalue weighted by Crippen LogP contribution is 2.36. The zero-order valence-corrected chi connectivity index (χ0v) is 14.4. The summed E-state index contributed by atoms with van der Waals surface area (Å²) in [5, 5.41) is 0.140. The Balaban J connectivity index is 1.97. The van der Waals surface area contributed by atoms with Gasteiger partial charge in [-0.25, -0.2) is 0 Å². The lowest BCUT2D eigenvalue weighted by Crippen LogP contribution is -2.57. The minimum Gasteiger partial charge on any atom is -0.432 e. The highest BCUT2D eigenvalue weighted by molar-refractivity contribution is 7.99. The molecule has 0 unspecified atom stereocenters. The molecule has 0 bridgehead atoms. The number of rotatable bonds is 6. The number of allylic oxidation sites excluding steroid dienone is 3. The van der Waals surface area contributed by atoms with Crippen molar-refractivity contribution in [2.24, 2.45) is 5.92 Å². The zero-order chi connectivity index (χ0) is 16.8. The lowest BCUT2D eigenvalue weighted by atomic mass is 9.96. The topological polar surface area (TPSA) is 46.6 Å². The molecular weight excluding hydrogens is 310 g/mol. The largest absolute Gasteiger partial charge is 0.432 e. The van der Waals surface area contributed by atoms with Gasteiger partial charge in [-0.05, 0) is 24.8 Å². The maximum absolute atomic E-state index is 12.3. The first-order valence-electron chi connectivity index (χ1n) is 7.43. The molecule has 1 aliphatic rings. The van der Waals surface area contributed by atoms with E-state index in [-0.39, 0.29) is 23.2 Å². The van der Waals surface area contributed by atoms with Gasteiger partial charge >= 0.3 is 5.97 Å². The number of ether oxygens (including phenoxy) is 1. The van der Waals surface area contributed by atoms with Gasteiger partial charge in [0.2, 0.25) is 5.91 Å². The fraction of sp³-hybridized carbons (Fsp3) is 0.333. The third-order valence-electron chi connectivity index (χ3n) is 3.57. The first-order chi connectivity index (χ1) is 11.0. The Kier molecular flexibility index (Phi) is 6.04. The third-order valence-corrected chi connectivity index (χ3v) is 4.60. The van der Waals surface area contributed by atoms with Gasteiger partial charge in [0, 0.05) is 13.5 Å². The van der Waals surface area contributed by atoms with E-state index in [1.165, 1.54) is 6.92 Å². The number of β-lactam (4-membered cyclic amide) rings is 1. The van der Waals surface area contributed by atoms with E-state index in [1.54, 1.807) is 30.8 Å². The molecule has 0 aliphatic carbocycles. The SMILES string of the molecule is CS[C@@H]1[C@@H](/C=C\C=C(/C)OC(C)=O)C(=O)N1Cc1ccccc1. The predicted molar refractivity (Wildman–Crippen MR) is 92.4 cm³/mol. The molecular formula is C18H21NO3S. The Labute approximate surface area is 141 Å². The number of amides is 1. The summed E-state index contributed by atoms with van der Waals surface area (Å²) >= 11 is 1.67. The minimum atomic E-state index is -0.345. The first kappa shape index (κ1) is 17.3. The first-order valence-corrected chi connectivity index (χ1v) is 8.72. The smallest absolute Gasteiger partial charge is 0.307 e. The van der Waals surface area contributed by atoms with Crippen molar-refractivity contribution in [1.82, 2.24) is 4.90 Å². The Morgan fingerprint density at radius 1 is 1.30 bits per heavy atom. The van der Waals surface area contributed by atoms with Gasteiger partial charge in [0.15, 0.2) is 0 Å².